The van der Waals surface area contributed by atoms with Gasteiger partial charge in [-0.25, -0.2) is 9.98 Å². The Labute approximate surface area is 131 Å². The first-order valence-corrected chi connectivity index (χ1v) is 7.41. The minimum atomic E-state index is -0.258. The Morgan fingerprint density at radius 3 is 2.68 bits per heavy atom. The number of rotatable bonds is 6. The molecule has 1 heterocycles. The van der Waals surface area contributed by atoms with E-state index in [2.05, 4.69) is 46.1 Å². The summed E-state index contributed by atoms with van der Waals surface area (Å²) in [4.78, 5) is 19.7. The lowest BCUT2D eigenvalue weighted by Gasteiger charge is -2.13. The number of hydrogen-bond donors (Lipinski definition) is 2. The number of carbonyl (C=O) groups excluding carboxylic acids is 1. The maximum Gasteiger partial charge on any atom is 0.307 e. The lowest BCUT2D eigenvalue weighted by atomic mass is 9.94. The summed E-state index contributed by atoms with van der Waals surface area (Å²) in [5.74, 6) is 1.75. The van der Waals surface area contributed by atoms with Crippen LogP contribution in [0.5, 0.6) is 0 Å². The van der Waals surface area contributed by atoms with E-state index in [9.17, 15) is 4.79 Å². The van der Waals surface area contributed by atoms with Gasteiger partial charge in [0.05, 0.1) is 19.7 Å². The van der Waals surface area contributed by atoms with Gasteiger partial charge in [-0.2, -0.15) is 0 Å². The Hall–Kier alpha value is -2.05. The second-order valence-corrected chi connectivity index (χ2v) is 5.82. The Kier molecular flexibility index (Phi) is 6.88. The van der Waals surface area contributed by atoms with Gasteiger partial charge in [-0.15, -0.1) is 0 Å². The molecular formula is C15H26N4O3. The van der Waals surface area contributed by atoms with Crippen molar-refractivity contribution in [3.63, 3.8) is 0 Å². The minimum Gasteiger partial charge on any atom is -0.469 e. The molecule has 0 atom stereocenters. The van der Waals surface area contributed by atoms with Crippen LogP contribution in [0.15, 0.2) is 15.6 Å². The zero-order valence-electron chi connectivity index (χ0n) is 14.0. The van der Waals surface area contributed by atoms with E-state index in [-0.39, 0.29) is 17.8 Å². The molecular weight excluding hydrogens is 284 g/mol. The fourth-order valence-electron chi connectivity index (χ4n) is 1.60. The molecule has 0 aliphatic rings. The third-order valence-corrected chi connectivity index (χ3v) is 2.86. The zero-order valence-corrected chi connectivity index (χ0v) is 14.0. The second-order valence-electron chi connectivity index (χ2n) is 5.82. The largest absolute Gasteiger partial charge is 0.469 e. The van der Waals surface area contributed by atoms with E-state index in [0.29, 0.717) is 24.9 Å². The van der Waals surface area contributed by atoms with E-state index in [4.69, 9.17) is 4.42 Å². The minimum absolute atomic E-state index is 0.0712. The van der Waals surface area contributed by atoms with Crippen LogP contribution in [0, 0.1) is 0 Å². The molecule has 1 aromatic rings. The smallest absolute Gasteiger partial charge is 0.307 e. The van der Waals surface area contributed by atoms with Gasteiger partial charge in [-0.05, 0) is 6.92 Å². The molecule has 124 valence electrons. The Balaban J connectivity index is 2.58. The van der Waals surface area contributed by atoms with Crippen LogP contribution >= 0.6 is 0 Å². The highest BCUT2D eigenvalue weighted by atomic mass is 16.5. The number of esters is 1. The van der Waals surface area contributed by atoms with Crippen LogP contribution in [0.4, 0.5) is 0 Å². The fourth-order valence-corrected chi connectivity index (χ4v) is 1.60. The number of nitrogens with zero attached hydrogens (tertiary/aromatic N) is 2. The molecule has 1 aromatic heterocycles. The van der Waals surface area contributed by atoms with Crippen LogP contribution in [0.1, 0.15) is 45.8 Å². The fraction of sp³-hybridized carbons (Fsp3) is 0.667. The van der Waals surface area contributed by atoms with Crippen LogP contribution < -0.4 is 10.6 Å². The van der Waals surface area contributed by atoms with E-state index in [0.717, 1.165) is 12.3 Å². The lowest BCUT2D eigenvalue weighted by Crippen LogP contribution is -2.38. The summed E-state index contributed by atoms with van der Waals surface area (Å²) in [6.07, 6.45) is 2.02. The lowest BCUT2D eigenvalue weighted by molar-refractivity contribution is -0.140. The zero-order chi connectivity index (χ0) is 16.6. The SMILES string of the molecule is CCNC(=NCc1ncc(C(C)(C)C)o1)NCCC(=O)OC. The van der Waals surface area contributed by atoms with E-state index in [1.54, 1.807) is 6.20 Å². The van der Waals surface area contributed by atoms with Gasteiger partial charge < -0.3 is 19.8 Å². The molecule has 0 saturated carbocycles. The number of hydrogen-bond acceptors (Lipinski definition) is 5. The van der Waals surface area contributed by atoms with E-state index in [1.807, 2.05) is 6.92 Å². The van der Waals surface area contributed by atoms with Crippen molar-refractivity contribution in [2.75, 3.05) is 20.2 Å². The van der Waals surface area contributed by atoms with Gasteiger partial charge in [0, 0.05) is 18.5 Å². The van der Waals surface area contributed by atoms with E-state index < -0.39 is 0 Å². The molecule has 0 amide bonds. The summed E-state index contributed by atoms with van der Waals surface area (Å²) >= 11 is 0. The highest BCUT2D eigenvalue weighted by Crippen LogP contribution is 2.22. The van der Waals surface area contributed by atoms with Gasteiger partial charge in [0.1, 0.15) is 12.3 Å². The molecule has 0 bridgehead atoms. The van der Waals surface area contributed by atoms with Gasteiger partial charge >= 0.3 is 5.97 Å². The first-order chi connectivity index (χ1) is 10.4. The maximum absolute atomic E-state index is 11.1. The van der Waals surface area contributed by atoms with Crippen molar-refractivity contribution in [3.8, 4) is 0 Å². The van der Waals surface area contributed by atoms with Gasteiger partial charge in [-0.3, -0.25) is 4.79 Å². The molecule has 22 heavy (non-hydrogen) atoms. The molecule has 0 saturated heterocycles. The van der Waals surface area contributed by atoms with Crippen LogP contribution in [0.3, 0.4) is 0 Å². The Morgan fingerprint density at radius 1 is 1.41 bits per heavy atom. The molecule has 0 unspecified atom stereocenters. The normalized spacial score (nSPS) is 12.1. The molecule has 0 fully saturated rings. The third kappa shape index (κ3) is 6.15. The first kappa shape index (κ1) is 18.0. The molecule has 0 spiro atoms. The summed E-state index contributed by atoms with van der Waals surface area (Å²) in [7, 11) is 1.37. The number of aromatic nitrogens is 1. The van der Waals surface area contributed by atoms with E-state index >= 15 is 0 Å². The average molecular weight is 310 g/mol. The van der Waals surface area contributed by atoms with Crippen LogP contribution in [0.2, 0.25) is 0 Å². The van der Waals surface area contributed by atoms with Crippen LogP contribution in [-0.4, -0.2) is 37.1 Å². The maximum atomic E-state index is 11.1. The quantitative estimate of drug-likeness (QED) is 0.471. The molecule has 0 aliphatic heterocycles. The number of oxazole rings is 1. The van der Waals surface area contributed by atoms with Gasteiger partial charge in [0.15, 0.2) is 5.96 Å². The highest BCUT2D eigenvalue weighted by molar-refractivity contribution is 5.80. The average Bonchev–Trinajstić information content (AvgIpc) is 2.93. The highest BCUT2D eigenvalue weighted by Gasteiger charge is 2.18. The summed E-state index contributed by atoms with van der Waals surface area (Å²) < 4.78 is 10.3. The van der Waals surface area contributed by atoms with Gasteiger partial charge in [0.25, 0.3) is 0 Å². The Bertz CT molecular complexity index is 503. The van der Waals surface area contributed by atoms with Crippen molar-refractivity contribution in [1.29, 1.82) is 0 Å². The predicted octanol–water partition coefficient (Wildman–Crippen LogP) is 1.59. The standard InChI is InChI=1S/C15H26N4O3/c1-6-16-14(17-8-7-13(20)21-5)19-10-12-18-9-11(22-12)15(2,3)4/h9H,6-8,10H2,1-5H3,(H2,16,17,19). The third-order valence-electron chi connectivity index (χ3n) is 2.86. The van der Waals surface area contributed by atoms with Gasteiger partial charge in [0.2, 0.25) is 5.89 Å². The van der Waals surface area contributed by atoms with Crippen molar-refractivity contribution in [3.05, 3.63) is 17.8 Å². The monoisotopic (exact) mass is 310 g/mol. The van der Waals surface area contributed by atoms with Crippen LogP contribution in [0.25, 0.3) is 0 Å². The number of nitrogens with one attached hydrogen (secondary N) is 2. The van der Waals surface area contributed by atoms with Crippen molar-refractivity contribution < 1.29 is 13.9 Å². The van der Waals surface area contributed by atoms with Gasteiger partial charge in [-0.1, -0.05) is 20.8 Å². The summed E-state index contributed by atoms with van der Waals surface area (Å²) in [6.45, 7) is 9.70. The topological polar surface area (TPSA) is 88.8 Å². The number of aliphatic imine (C=N–C) groups is 1. The Morgan fingerprint density at radius 2 is 2.14 bits per heavy atom. The summed E-state index contributed by atoms with van der Waals surface area (Å²) in [5.41, 5.74) is -0.0712. The van der Waals surface area contributed by atoms with Crippen LogP contribution in [-0.2, 0) is 21.5 Å². The molecule has 7 heteroatoms. The number of methoxy groups -OCH3 is 1. The van der Waals surface area contributed by atoms with Crippen molar-refractivity contribution in [2.45, 2.75) is 46.1 Å². The molecule has 1 rings (SSSR count). The number of guanidine groups is 1. The molecule has 0 radical (unpaired) electrons. The van der Waals surface area contributed by atoms with Crippen molar-refractivity contribution in [1.82, 2.24) is 15.6 Å². The van der Waals surface area contributed by atoms with Crippen molar-refractivity contribution in [2.24, 2.45) is 4.99 Å². The van der Waals surface area contributed by atoms with Crippen molar-refractivity contribution >= 4 is 11.9 Å². The number of ether oxygens (including phenoxy) is 1. The molecule has 7 nitrogen and oxygen atoms in total. The summed E-state index contributed by atoms with van der Waals surface area (Å²) in [6, 6.07) is 0. The number of carbonyl (C=O) groups is 1. The predicted molar refractivity (Wildman–Crippen MR) is 84.7 cm³/mol. The first-order valence-electron chi connectivity index (χ1n) is 7.41. The second kappa shape index (κ2) is 8.41. The molecule has 0 aromatic carbocycles. The van der Waals surface area contributed by atoms with E-state index in [1.165, 1.54) is 7.11 Å². The molecule has 0 aliphatic carbocycles. The summed E-state index contributed by atoms with van der Waals surface area (Å²) in [5, 5.41) is 6.16. The molecule has 2 N–H and O–H groups in total.